The van der Waals surface area contributed by atoms with Crippen LogP contribution < -0.4 is 5.32 Å². The lowest BCUT2D eigenvalue weighted by atomic mass is 9.85. The zero-order chi connectivity index (χ0) is 18.7. The molecule has 6 heteroatoms. The predicted octanol–water partition coefficient (Wildman–Crippen LogP) is 3.65. The molecule has 26 heavy (non-hydrogen) atoms. The number of nitrogens with zero attached hydrogens (tertiary/aromatic N) is 1. The zero-order valence-corrected chi connectivity index (χ0v) is 15.4. The van der Waals surface area contributed by atoms with E-state index in [-0.39, 0.29) is 6.54 Å². The summed E-state index contributed by atoms with van der Waals surface area (Å²) in [6.45, 7) is 1.89. The molecule has 0 radical (unpaired) electrons. The topological polar surface area (TPSA) is 80.0 Å². The molecule has 1 aliphatic carbocycles. The number of ether oxygens (including phenoxy) is 1. The summed E-state index contributed by atoms with van der Waals surface area (Å²) in [5.74, 6) is -0.731. The van der Waals surface area contributed by atoms with E-state index in [2.05, 4.69) is 10.1 Å². The van der Waals surface area contributed by atoms with Crippen molar-refractivity contribution in [3.8, 4) is 0 Å². The van der Waals surface area contributed by atoms with E-state index in [1.807, 2.05) is 23.6 Å². The molecule has 2 N–H and O–H groups in total. The first-order chi connectivity index (χ1) is 12.5. The van der Waals surface area contributed by atoms with Crippen LogP contribution in [0.15, 0.2) is 18.3 Å². The van der Waals surface area contributed by atoms with Gasteiger partial charge < -0.3 is 19.6 Å². The number of methoxy groups -OCH3 is 1. The van der Waals surface area contributed by atoms with Gasteiger partial charge >= 0.3 is 11.9 Å². The summed E-state index contributed by atoms with van der Waals surface area (Å²) >= 11 is 0. The number of carboxylic acids is 1. The van der Waals surface area contributed by atoms with Gasteiger partial charge in [-0.3, -0.25) is 4.79 Å². The minimum Gasteiger partial charge on any atom is -0.478 e. The Hall–Kier alpha value is -2.50. The van der Waals surface area contributed by atoms with Crippen molar-refractivity contribution in [3.63, 3.8) is 0 Å². The molecule has 3 rings (SSSR count). The van der Waals surface area contributed by atoms with Crippen LogP contribution >= 0.6 is 0 Å². The molecule has 6 nitrogen and oxygen atoms in total. The Morgan fingerprint density at radius 3 is 2.69 bits per heavy atom. The number of carbonyl (C=O) groups is 2. The maximum Gasteiger partial charge on any atom is 0.338 e. The number of rotatable bonds is 6. The molecule has 0 aliphatic heterocycles. The molecule has 1 saturated carbocycles. The maximum absolute atomic E-state index is 12.0. The van der Waals surface area contributed by atoms with Crippen LogP contribution in [0, 0.1) is 12.8 Å². The smallest absolute Gasteiger partial charge is 0.338 e. The Bertz CT molecular complexity index is 819. The number of carboxylic acid groups (broad SMARTS) is 1. The third-order valence-electron chi connectivity index (χ3n) is 5.40. The lowest BCUT2D eigenvalue weighted by Crippen LogP contribution is -2.16. The third kappa shape index (κ3) is 3.54. The summed E-state index contributed by atoms with van der Waals surface area (Å²) in [5.41, 5.74) is 3.44. The van der Waals surface area contributed by atoms with Crippen LogP contribution in [-0.2, 0) is 16.0 Å². The quantitative estimate of drug-likeness (QED) is 0.771. The molecule has 0 saturated heterocycles. The van der Waals surface area contributed by atoms with Crippen LogP contribution in [0.1, 0.15) is 53.7 Å². The highest BCUT2D eigenvalue weighted by Crippen LogP contribution is 2.33. The Labute approximate surface area is 153 Å². The number of pyridine rings is 1. The zero-order valence-electron chi connectivity index (χ0n) is 15.4. The fraction of sp³-hybridized carbons (Fsp3) is 0.500. The van der Waals surface area contributed by atoms with Gasteiger partial charge in [-0.05, 0) is 37.0 Å². The number of hydrogen-bond donors (Lipinski definition) is 2. The van der Waals surface area contributed by atoms with Gasteiger partial charge in [-0.25, -0.2) is 4.79 Å². The number of aromatic nitrogens is 1. The molecule has 2 heterocycles. The van der Waals surface area contributed by atoms with E-state index in [1.54, 1.807) is 6.07 Å². The highest BCUT2D eigenvalue weighted by atomic mass is 16.5. The Morgan fingerprint density at radius 2 is 2.04 bits per heavy atom. The van der Waals surface area contributed by atoms with Crippen molar-refractivity contribution in [2.75, 3.05) is 19.0 Å². The van der Waals surface area contributed by atoms with Gasteiger partial charge in [-0.2, -0.15) is 0 Å². The largest absolute Gasteiger partial charge is 0.478 e. The Kier molecular flexibility index (Phi) is 5.49. The van der Waals surface area contributed by atoms with E-state index in [4.69, 9.17) is 0 Å². The highest BCUT2D eigenvalue weighted by molar-refractivity contribution is 6.02. The van der Waals surface area contributed by atoms with E-state index in [1.165, 1.54) is 39.2 Å². The van der Waals surface area contributed by atoms with E-state index in [9.17, 15) is 14.7 Å². The van der Waals surface area contributed by atoms with Crippen molar-refractivity contribution in [2.45, 2.75) is 45.4 Å². The molecule has 0 atom stereocenters. The summed E-state index contributed by atoms with van der Waals surface area (Å²) in [4.78, 5) is 23.4. The fourth-order valence-corrected chi connectivity index (χ4v) is 4.05. The van der Waals surface area contributed by atoms with Crippen LogP contribution in [0.5, 0.6) is 0 Å². The second kappa shape index (κ2) is 7.81. The van der Waals surface area contributed by atoms with Crippen LogP contribution in [0.25, 0.3) is 5.52 Å². The van der Waals surface area contributed by atoms with Gasteiger partial charge in [0, 0.05) is 11.9 Å². The van der Waals surface area contributed by atoms with Gasteiger partial charge in [0.2, 0.25) is 0 Å². The number of nitrogens with one attached hydrogen (secondary N) is 1. The first-order valence-electron chi connectivity index (χ1n) is 9.19. The van der Waals surface area contributed by atoms with Crippen molar-refractivity contribution in [1.82, 2.24) is 4.40 Å². The molecule has 0 bridgehead atoms. The van der Waals surface area contributed by atoms with Crippen LogP contribution in [0.3, 0.4) is 0 Å². The summed E-state index contributed by atoms with van der Waals surface area (Å²) < 4.78 is 6.65. The summed E-state index contributed by atoms with van der Waals surface area (Å²) in [5, 5.41) is 12.8. The normalized spacial score (nSPS) is 15.2. The lowest BCUT2D eigenvalue weighted by Gasteiger charge is -2.22. The molecule has 1 fully saturated rings. The van der Waals surface area contributed by atoms with Crippen molar-refractivity contribution in [2.24, 2.45) is 5.92 Å². The van der Waals surface area contributed by atoms with Gasteiger partial charge in [-0.1, -0.05) is 32.1 Å². The van der Waals surface area contributed by atoms with E-state index in [0.29, 0.717) is 22.7 Å². The van der Waals surface area contributed by atoms with Crippen molar-refractivity contribution in [1.29, 1.82) is 0 Å². The minimum absolute atomic E-state index is 0.00256. The SMILES string of the molecule is COC(=O)CNc1cccn2c(CC3CCCCC3)c(C)c(C(=O)O)c12. The average molecular weight is 358 g/mol. The second-order valence-corrected chi connectivity index (χ2v) is 7.03. The lowest BCUT2D eigenvalue weighted by molar-refractivity contribution is -0.138. The molecule has 0 unspecified atom stereocenters. The summed E-state index contributed by atoms with van der Waals surface area (Å²) in [6, 6.07) is 3.68. The molecule has 0 amide bonds. The molecular weight excluding hydrogens is 332 g/mol. The minimum atomic E-state index is -0.942. The van der Waals surface area contributed by atoms with E-state index < -0.39 is 11.9 Å². The van der Waals surface area contributed by atoms with Crippen LogP contribution in [0.4, 0.5) is 5.69 Å². The summed E-state index contributed by atoms with van der Waals surface area (Å²) in [7, 11) is 1.33. The number of aromatic carboxylic acids is 1. The number of carbonyl (C=O) groups excluding carboxylic acids is 1. The fourth-order valence-electron chi connectivity index (χ4n) is 4.05. The molecule has 0 aromatic carbocycles. The maximum atomic E-state index is 12.0. The summed E-state index contributed by atoms with van der Waals surface area (Å²) in [6.07, 6.45) is 9.02. The standard InChI is InChI=1S/C20H26N2O4/c1-13-16(11-14-7-4-3-5-8-14)22-10-6-9-15(21-12-17(23)26-2)19(22)18(13)20(24)25/h6,9-10,14,21H,3-5,7-8,11-12H2,1-2H3,(H,24,25). The number of fused-ring (bicyclic) bond motifs is 1. The number of hydrogen-bond acceptors (Lipinski definition) is 4. The van der Waals surface area contributed by atoms with E-state index >= 15 is 0 Å². The van der Waals surface area contributed by atoms with Crippen molar-refractivity contribution < 1.29 is 19.4 Å². The molecule has 1 aliphatic rings. The van der Waals surface area contributed by atoms with Gasteiger partial charge in [-0.15, -0.1) is 0 Å². The Balaban J connectivity index is 2.04. The number of esters is 1. The molecule has 2 aromatic rings. The first kappa shape index (κ1) is 18.3. The molecule has 140 valence electrons. The average Bonchev–Trinajstić information content (AvgIpc) is 2.93. The second-order valence-electron chi connectivity index (χ2n) is 7.03. The third-order valence-corrected chi connectivity index (χ3v) is 5.40. The van der Waals surface area contributed by atoms with Gasteiger partial charge in [0.1, 0.15) is 6.54 Å². The molecule has 0 spiro atoms. The molecule has 2 aromatic heterocycles. The predicted molar refractivity (Wildman–Crippen MR) is 99.9 cm³/mol. The monoisotopic (exact) mass is 358 g/mol. The van der Waals surface area contributed by atoms with Crippen LogP contribution in [0.2, 0.25) is 0 Å². The van der Waals surface area contributed by atoms with Crippen molar-refractivity contribution in [3.05, 3.63) is 35.2 Å². The highest BCUT2D eigenvalue weighted by Gasteiger charge is 2.25. The molecular formula is C20H26N2O4. The van der Waals surface area contributed by atoms with Crippen molar-refractivity contribution >= 4 is 23.1 Å². The van der Waals surface area contributed by atoms with Gasteiger partial charge in [0.15, 0.2) is 0 Å². The first-order valence-corrected chi connectivity index (χ1v) is 9.19. The number of anilines is 1. The van der Waals surface area contributed by atoms with Gasteiger partial charge in [0.25, 0.3) is 0 Å². The van der Waals surface area contributed by atoms with Crippen LogP contribution in [-0.4, -0.2) is 35.1 Å². The van der Waals surface area contributed by atoms with E-state index in [0.717, 1.165) is 17.7 Å². The van der Waals surface area contributed by atoms with Gasteiger partial charge in [0.05, 0.1) is 23.9 Å². The Morgan fingerprint density at radius 1 is 1.31 bits per heavy atom.